The average Bonchev–Trinajstić information content (AvgIpc) is 3.13. The molecule has 1 amide bonds. The lowest BCUT2D eigenvalue weighted by molar-refractivity contribution is -0.120. The van der Waals surface area contributed by atoms with Gasteiger partial charge in [-0.3, -0.25) is 4.79 Å². The molecule has 1 aromatic heterocycles. The van der Waals surface area contributed by atoms with Crippen LogP contribution in [0.2, 0.25) is 0 Å². The first kappa shape index (κ1) is 13.7. The van der Waals surface area contributed by atoms with E-state index >= 15 is 0 Å². The predicted octanol–water partition coefficient (Wildman–Crippen LogP) is 1.77. The molecule has 1 aliphatic heterocycles. The number of fused-ring (bicyclic) bond motifs is 1. The van der Waals surface area contributed by atoms with Gasteiger partial charge in [0.25, 0.3) is 0 Å². The molecule has 0 unspecified atom stereocenters. The van der Waals surface area contributed by atoms with Crippen molar-refractivity contribution in [1.29, 1.82) is 0 Å². The van der Waals surface area contributed by atoms with Gasteiger partial charge >= 0.3 is 0 Å². The minimum atomic E-state index is -0.0550. The third-order valence-electron chi connectivity index (χ3n) is 3.03. The van der Waals surface area contributed by atoms with Gasteiger partial charge in [-0.05, 0) is 17.7 Å². The van der Waals surface area contributed by atoms with Crippen molar-refractivity contribution in [3.8, 4) is 11.5 Å². The van der Waals surface area contributed by atoms with E-state index in [1.165, 1.54) is 11.3 Å². The number of carbonyl (C=O) groups excluding carboxylic acids is 1. The van der Waals surface area contributed by atoms with Gasteiger partial charge in [0.15, 0.2) is 16.6 Å². The Morgan fingerprint density at radius 1 is 1.38 bits per heavy atom. The molecule has 21 heavy (non-hydrogen) atoms. The highest BCUT2D eigenvalue weighted by molar-refractivity contribution is 7.13. The second-order valence-electron chi connectivity index (χ2n) is 4.54. The van der Waals surface area contributed by atoms with Crippen molar-refractivity contribution >= 4 is 22.4 Å². The van der Waals surface area contributed by atoms with E-state index in [1.807, 2.05) is 30.6 Å². The lowest BCUT2D eigenvalue weighted by Crippen LogP contribution is -2.24. The molecule has 0 atom stereocenters. The van der Waals surface area contributed by atoms with Crippen LogP contribution >= 0.6 is 11.3 Å². The van der Waals surface area contributed by atoms with E-state index in [2.05, 4.69) is 15.6 Å². The van der Waals surface area contributed by atoms with Crippen molar-refractivity contribution in [2.24, 2.45) is 0 Å². The number of nitrogens with zero attached hydrogens (tertiary/aromatic N) is 1. The van der Waals surface area contributed by atoms with E-state index in [4.69, 9.17) is 9.47 Å². The fraction of sp³-hybridized carbons (Fsp3) is 0.286. The van der Waals surface area contributed by atoms with E-state index in [0.717, 1.165) is 27.9 Å². The quantitative estimate of drug-likeness (QED) is 0.881. The number of hydrogen-bond acceptors (Lipinski definition) is 6. The molecule has 0 fully saturated rings. The number of aromatic nitrogens is 1. The SMILES string of the molecule is CNc1nc(CC(=O)NCc2ccc3c(c2)OCO3)cs1. The Kier molecular flexibility index (Phi) is 3.92. The van der Waals surface area contributed by atoms with Gasteiger partial charge in [0.05, 0.1) is 12.1 Å². The Morgan fingerprint density at radius 2 is 2.24 bits per heavy atom. The molecule has 0 saturated heterocycles. The van der Waals surface area contributed by atoms with Gasteiger partial charge in [-0.2, -0.15) is 0 Å². The van der Waals surface area contributed by atoms with Gasteiger partial charge in [-0.15, -0.1) is 11.3 Å². The smallest absolute Gasteiger partial charge is 0.231 e. The van der Waals surface area contributed by atoms with Gasteiger partial charge in [0.2, 0.25) is 12.7 Å². The number of anilines is 1. The highest BCUT2D eigenvalue weighted by atomic mass is 32.1. The minimum Gasteiger partial charge on any atom is -0.454 e. The van der Waals surface area contributed by atoms with Crippen LogP contribution < -0.4 is 20.1 Å². The molecule has 2 aromatic rings. The Bertz CT molecular complexity index is 657. The van der Waals surface area contributed by atoms with E-state index in [0.29, 0.717) is 6.54 Å². The molecule has 0 aliphatic carbocycles. The number of ether oxygens (including phenoxy) is 2. The first-order valence-corrected chi connectivity index (χ1v) is 7.40. The zero-order valence-electron chi connectivity index (χ0n) is 11.5. The van der Waals surface area contributed by atoms with Crippen LogP contribution in [0.25, 0.3) is 0 Å². The molecule has 1 aromatic carbocycles. The van der Waals surface area contributed by atoms with Crippen molar-refractivity contribution in [2.45, 2.75) is 13.0 Å². The highest BCUT2D eigenvalue weighted by Gasteiger charge is 2.13. The van der Waals surface area contributed by atoms with Crippen LogP contribution in [0.4, 0.5) is 5.13 Å². The number of hydrogen-bond donors (Lipinski definition) is 2. The van der Waals surface area contributed by atoms with E-state index in [-0.39, 0.29) is 19.1 Å². The summed E-state index contributed by atoms with van der Waals surface area (Å²) in [6.07, 6.45) is 0.280. The summed E-state index contributed by atoms with van der Waals surface area (Å²) in [7, 11) is 1.81. The third kappa shape index (κ3) is 3.25. The van der Waals surface area contributed by atoms with Gasteiger partial charge in [-0.1, -0.05) is 6.07 Å². The maximum atomic E-state index is 11.9. The summed E-state index contributed by atoms with van der Waals surface area (Å²) in [5.41, 5.74) is 1.74. The molecule has 3 rings (SSSR count). The summed E-state index contributed by atoms with van der Waals surface area (Å²) in [6, 6.07) is 5.64. The van der Waals surface area contributed by atoms with Crippen molar-refractivity contribution in [3.63, 3.8) is 0 Å². The number of thiazole rings is 1. The maximum Gasteiger partial charge on any atom is 0.231 e. The number of benzene rings is 1. The van der Waals surface area contributed by atoms with Gasteiger partial charge in [0, 0.05) is 19.0 Å². The Hall–Kier alpha value is -2.28. The molecule has 1 aliphatic rings. The van der Waals surface area contributed by atoms with Crippen LogP contribution in [0.5, 0.6) is 11.5 Å². The van der Waals surface area contributed by atoms with E-state index in [9.17, 15) is 4.79 Å². The zero-order chi connectivity index (χ0) is 14.7. The Balaban J connectivity index is 1.53. The Labute approximate surface area is 126 Å². The molecule has 2 N–H and O–H groups in total. The number of rotatable bonds is 5. The molecule has 6 nitrogen and oxygen atoms in total. The molecule has 0 radical (unpaired) electrons. The largest absolute Gasteiger partial charge is 0.454 e. The molecule has 110 valence electrons. The number of amides is 1. The molecule has 0 saturated carbocycles. The lowest BCUT2D eigenvalue weighted by Gasteiger charge is -2.05. The second-order valence-corrected chi connectivity index (χ2v) is 5.39. The van der Waals surface area contributed by atoms with Gasteiger partial charge in [-0.25, -0.2) is 4.98 Å². The van der Waals surface area contributed by atoms with Crippen molar-refractivity contribution in [3.05, 3.63) is 34.8 Å². The first-order valence-electron chi connectivity index (χ1n) is 6.52. The van der Waals surface area contributed by atoms with Crippen LogP contribution in [0.15, 0.2) is 23.6 Å². The molecule has 0 spiro atoms. The fourth-order valence-electron chi connectivity index (χ4n) is 1.98. The first-order chi connectivity index (χ1) is 10.2. The van der Waals surface area contributed by atoms with Crippen molar-refractivity contribution < 1.29 is 14.3 Å². The molecular formula is C14H15N3O3S. The minimum absolute atomic E-state index is 0.0550. The highest BCUT2D eigenvalue weighted by Crippen LogP contribution is 2.32. The van der Waals surface area contributed by atoms with Gasteiger partial charge < -0.3 is 20.1 Å². The average molecular weight is 305 g/mol. The van der Waals surface area contributed by atoms with Crippen LogP contribution in [0.1, 0.15) is 11.3 Å². The van der Waals surface area contributed by atoms with Crippen molar-refractivity contribution in [2.75, 3.05) is 19.2 Å². The normalized spacial score (nSPS) is 12.2. The van der Waals surface area contributed by atoms with Crippen LogP contribution in [0, 0.1) is 0 Å². The zero-order valence-corrected chi connectivity index (χ0v) is 12.3. The summed E-state index contributed by atoms with van der Waals surface area (Å²) in [6.45, 7) is 0.710. The molecular weight excluding hydrogens is 290 g/mol. The topological polar surface area (TPSA) is 72.5 Å². The van der Waals surface area contributed by atoms with Crippen LogP contribution in [-0.4, -0.2) is 24.7 Å². The lowest BCUT2D eigenvalue weighted by atomic mass is 10.2. The van der Waals surface area contributed by atoms with Crippen LogP contribution in [0.3, 0.4) is 0 Å². The summed E-state index contributed by atoms with van der Waals surface area (Å²) in [5, 5.41) is 8.52. The fourth-order valence-corrected chi connectivity index (χ4v) is 2.65. The van der Waals surface area contributed by atoms with Crippen molar-refractivity contribution in [1.82, 2.24) is 10.3 Å². The maximum absolute atomic E-state index is 11.9. The van der Waals surface area contributed by atoms with E-state index in [1.54, 1.807) is 0 Å². The van der Waals surface area contributed by atoms with E-state index < -0.39 is 0 Å². The molecule has 0 bridgehead atoms. The van der Waals surface area contributed by atoms with Gasteiger partial charge in [0.1, 0.15) is 0 Å². The molecule has 7 heteroatoms. The summed E-state index contributed by atoms with van der Waals surface area (Å²) < 4.78 is 10.6. The predicted molar refractivity (Wildman–Crippen MR) is 79.8 cm³/mol. The third-order valence-corrected chi connectivity index (χ3v) is 3.94. The standard InChI is InChI=1S/C14H15N3O3S/c1-15-14-17-10(7-21-14)5-13(18)16-6-9-2-3-11-12(4-9)20-8-19-11/h2-4,7H,5-6,8H2,1H3,(H,15,17)(H,16,18). The van der Waals surface area contributed by atoms with Crippen LogP contribution in [-0.2, 0) is 17.8 Å². The number of carbonyl (C=O) groups is 1. The Morgan fingerprint density at radius 3 is 3.05 bits per heavy atom. The number of nitrogens with one attached hydrogen (secondary N) is 2. The summed E-state index contributed by atoms with van der Waals surface area (Å²) in [5.74, 6) is 1.41. The monoisotopic (exact) mass is 305 g/mol. The summed E-state index contributed by atoms with van der Waals surface area (Å²) >= 11 is 1.49. The molecule has 2 heterocycles. The summed E-state index contributed by atoms with van der Waals surface area (Å²) in [4.78, 5) is 16.2. The second kappa shape index (κ2) is 6.01.